The van der Waals surface area contributed by atoms with Gasteiger partial charge in [-0.05, 0) is 18.9 Å². The molecule has 2 rings (SSSR count). The van der Waals surface area contributed by atoms with Crippen LogP contribution in [0.4, 0.5) is 0 Å². The number of hydrogen-bond acceptors (Lipinski definition) is 3. The molecule has 1 aromatic rings. The maximum absolute atomic E-state index is 12.4. The number of hydrogen-bond donors (Lipinski definition) is 1. The van der Waals surface area contributed by atoms with E-state index >= 15 is 0 Å². The molecule has 0 atom stereocenters. The fourth-order valence-corrected chi connectivity index (χ4v) is 3.57. The van der Waals surface area contributed by atoms with Crippen molar-refractivity contribution in [3.63, 3.8) is 0 Å². The third-order valence-electron chi connectivity index (χ3n) is 2.91. The highest BCUT2D eigenvalue weighted by Gasteiger charge is 2.38. The molecule has 1 heterocycles. The van der Waals surface area contributed by atoms with Gasteiger partial charge in [0.15, 0.2) is 0 Å². The minimum atomic E-state index is -3.56. The minimum Gasteiger partial charge on any atom is -0.481 e. The Morgan fingerprint density at radius 1 is 1.56 bits per heavy atom. The lowest BCUT2D eigenvalue weighted by atomic mass is 10.4. The van der Waals surface area contributed by atoms with Crippen LogP contribution in [-0.2, 0) is 21.9 Å². The van der Waals surface area contributed by atoms with Crippen LogP contribution >= 0.6 is 0 Å². The van der Waals surface area contributed by atoms with Gasteiger partial charge in [-0.1, -0.05) is 0 Å². The van der Waals surface area contributed by atoms with E-state index in [1.165, 1.54) is 16.6 Å². The van der Waals surface area contributed by atoms with Gasteiger partial charge in [0.2, 0.25) is 10.0 Å². The Morgan fingerprint density at radius 3 is 2.67 bits per heavy atom. The summed E-state index contributed by atoms with van der Waals surface area (Å²) in [6.45, 7) is 0.0389. The van der Waals surface area contributed by atoms with Gasteiger partial charge >= 0.3 is 5.97 Å². The second-order valence-corrected chi connectivity index (χ2v) is 6.39. The van der Waals surface area contributed by atoms with Gasteiger partial charge in [0.1, 0.15) is 0 Å². The van der Waals surface area contributed by atoms with Crippen LogP contribution in [-0.4, -0.2) is 41.0 Å². The van der Waals surface area contributed by atoms with Crippen LogP contribution in [0.2, 0.25) is 0 Å². The first-order chi connectivity index (χ1) is 8.41. The van der Waals surface area contributed by atoms with Crippen LogP contribution in [0.1, 0.15) is 19.3 Å². The van der Waals surface area contributed by atoms with E-state index in [1.807, 2.05) is 0 Å². The van der Waals surface area contributed by atoms with Crippen molar-refractivity contribution in [3.8, 4) is 0 Å². The van der Waals surface area contributed by atoms with Crippen LogP contribution in [0, 0.1) is 0 Å². The Hall–Kier alpha value is -1.34. The molecule has 1 saturated carbocycles. The van der Waals surface area contributed by atoms with E-state index in [4.69, 9.17) is 5.11 Å². The third-order valence-corrected chi connectivity index (χ3v) is 4.85. The molecular formula is C11H16N2O4S. The lowest BCUT2D eigenvalue weighted by Gasteiger charge is -2.20. The van der Waals surface area contributed by atoms with E-state index in [0.29, 0.717) is 0 Å². The fourth-order valence-electron chi connectivity index (χ4n) is 1.83. The molecule has 0 radical (unpaired) electrons. The molecular weight excluding hydrogens is 256 g/mol. The van der Waals surface area contributed by atoms with Gasteiger partial charge < -0.3 is 9.67 Å². The van der Waals surface area contributed by atoms with Crippen LogP contribution < -0.4 is 0 Å². The normalized spacial score (nSPS) is 16.1. The summed E-state index contributed by atoms with van der Waals surface area (Å²) in [4.78, 5) is 10.8. The fraction of sp³-hybridized carbons (Fsp3) is 0.545. The van der Waals surface area contributed by atoms with E-state index in [1.54, 1.807) is 17.8 Å². The third kappa shape index (κ3) is 2.73. The summed E-state index contributed by atoms with van der Waals surface area (Å²) in [5, 5.41) is 8.68. The lowest BCUT2D eigenvalue weighted by Crippen LogP contribution is -2.34. The van der Waals surface area contributed by atoms with Crippen molar-refractivity contribution in [2.75, 3.05) is 6.54 Å². The number of sulfonamides is 1. The molecule has 7 heteroatoms. The second kappa shape index (κ2) is 4.74. The van der Waals surface area contributed by atoms with Crippen molar-refractivity contribution < 1.29 is 18.3 Å². The predicted octanol–water partition coefficient (Wildman–Crippen LogP) is 0.653. The number of nitrogens with zero attached hydrogens (tertiary/aromatic N) is 2. The Labute approximate surface area is 106 Å². The molecule has 6 nitrogen and oxygen atoms in total. The summed E-state index contributed by atoms with van der Waals surface area (Å²) >= 11 is 0. The van der Waals surface area contributed by atoms with Crippen molar-refractivity contribution in [2.24, 2.45) is 7.05 Å². The second-order valence-electron chi connectivity index (χ2n) is 4.50. The molecule has 0 unspecified atom stereocenters. The average molecular weight is 272 g/mol. The van der Waals surface area contributed by atoms with Gasteiger partial charge in [-0.3, -0.25) is 4.79 Å². The Bertz CT molecular complexity index is 545. The number of carbonyl (C=O) groups is 1. The maximum Gasteiger partial charge on any atom is 0.304 e. The Balaban J connectivity index is 2.21. The molecule has 0 aromatic carbocycles. The monoisotopic (exact) mass is 272 g/mol. The molecule has 100 valence electrons. The van der Waals surface area contributed by atoms with Gasteiger partial charge in [-0.15, -0.1) is 0 Å². The smallest absolute Gasteiger partial charge is 0.304 e. The van der Waals surface area contributed by atoms with Crippen molar-refractivity contribution in [1.82, 2.24) is 8.87 Å². The molecule has 1 aromatic heterocycles. The van der Waals surface area contributed by atoms with E-state index in [9.17, 15) is 13.2 Å². The Morgan fingerprint density at radius 2 is 2.22 bits per heavy atom. The summed E-state index contributed by atoms with van der Waals surface area (Å²) in [6, 6.07) is 1.50. The average Bonchev–Trinajstić information content (AvgIpc) is 2.99. The van der Waals surface area contributed by atoms with Crippen molar-refractivity contribution >= 4 is 16.0 Å². The summed E-state index contributed by atoms with van der Waals surface area (Å²) in [6.07, 6.45) is 4.65. The quantitative estimate of drug-likeness (QED) is 0.824. The molecule has 0 aliphatic heterocycles. The molecule has 1 aliphatic rings. The van der Waals surface area contributed by atoms with E-state index in [-0.39, 0.29) is 23.9 Å². The zero-order valence-corrected chi connectivity index (χ0v) is 10.9. The summed E-state index contributed by atoms with van der Waals surface area (Å²) in [5.74, 6) is -0.982. The Kier molecular flexibility index (Phi) is 3.45. The maximum atomic E-state index is 12.4. The van der Waals surface area contributed by atoms with Crippen molar-refractivity contribution in [2.45, 2.75) is 30.2 Å². The van der Waals surface area contributed by atoms with E-state index < -0.39 is 16.0 Å². The molecule has 18 heavy (non-hydrogen) atoms. The number of aryl methyl sites for hydroxylation is 1. The highest BCUT2D eigenvalue weighted by atomic mass is 32.2. The first-order valence-corrected chi connectivity index (χ1v) is 7.21. The minimum absolute atomic E-state index is 0.0328. The highest BCUT2D eigenvalue weighted by Crippen LogP contribution is 2.32. The summed E-state index contributed by atoms with van der Waals surface area (Å²) in [5.41, 5.74) is 0. The SMILES string of the molecule is Cn1ccc(S(=O)(=O)N(CCC(=O)O)C2CC2)c1. The number of aliphatic carboxylic acids is 1. The van der Waals surface area contributed by atoms with Gasteiger partial charge in [-0.2, -0.15) is 4.31 Å². The first kappa shape index (κ1) is 13.1. The zero-order valence-electron chi connectivity index (χ0n) is 10.1. The van der Waals surface area contributed by atoms with Gasteiger partial charge in [0, 0.05) is 32.0 Å². The van der Waals surface area contributed by atoms with Gasteiger partial charge in [-0.25, -0.2) is 8.42 Å². The zero-order chi connectivity index (χ0) is 13.3. The standard InChI is InChI=1S/C11H16N2O4S/c1-12-6-4-10(8-12)18(16,17)13(9-2-3-9)7-5-11(14)15/h4,6,8-9H,2-3,5,7H2,1H3,(H,14,15). The van der Waals surface area contributed by atoms with Gasteiger partial charge in [0.05, 0.1) is 11.3 Å². The number of carboxylic acid groups (broad SMARTS) is 1. The summed E-state index contributed by atoms with van der Waals surface area (Å²) in [7, 11) is -1.82. The van der Waals surface area contributed by atoms with Crippen LogP contribution in [0.15, 0.2) is 23.4 Å². The molecule has 0 bridgehead atoms. The topological polar surface area (TPSA) is 79.6 Å². The largest absolute Gasteiger partial charge is 0.481 e. The predicted molar refractivity (Wildman–Crippen MR) is 64.6 cm³/mol. The number of aromatic nitrogens is 1. The first-order valence-electron chi connectivity index (χ1n) is 5.77. The van der Waals surface area contributed by atoms with Crippen molar-refractivity contribution in [3.05, 3.63) is 18.5 Å². The van der Waals surface area contributed by atoms with Gasteiger partial charge in [0.25, 0.3) is 0 Å². The van der Waals surface area contributed by atoms with Crippen molar-refractivity contribution in [1.29, 1.82) is 0 Å². The van der Waals surface area contributed by atoms with E-state index in [2.05, 4.69) is 0 Å². The highest BCUT2D eigenvalue weighted by molar-refractivity contribution is 7.89. The summed E-state index contributed by atoms with van der Waals surface area (Å²) < 4.78 is 27.7. The van der Waals surface area contributed by atoms with Crippen LogP contribution in [0.3, 0.4) is 0 Å². The molecule has 1 N–H and O–H groups in total. The molecule has 1 aliphatic carbocycles. The van der Waals surface area contributed by atoms with E-state index in [0.717, 1.165) is 12.8 Å². The molecule has 0 saturated heterocycles. The molecule has 0 spiro atoms. The number of carboxylic acids is 1. The van der Waals surface area contributed by atoms with Crippen LogP contribution in [0.25, 0.3) is 0 Å². The molecule has 0 amide bonds. The van der Waals surface area contributed by atoms with Crippen LogP contribution in [0.5, 0.6) is 0 Å². The molecule has 1 fully saturated rings. The lowest BCUT2D eigenvalue weighted by molar-refractivity contribution is -0.137. The number of rotatable bonds is 6.